The predicted octanol–water partition coefficient (Wildman–Crippen LogP) is 3.06. The van der Waals surface area contributed by atoms with Crippen LogP contribution in [-0.2, 0) is 6.42 Å². The molecule has 0 radical (unpaired) electrons. The summed E-state index contributed by atoms with van der Waals surface area (Å²) in [6.07, 6.45) is 4.76. The lowest BCUT2D eigenvalue weighted by Gasteiger charge is -2.06. The first-order valence-electron chi connectivity index (χ1n) is 5.13. The molecule has 2 rings (SSSR count). The molecule has 3 heteroatoms. The van der Waals surface area contributed by atoms with E-state index in [0.29, 0.717) is 0 Å². The van der Waals surface area contributed by atoms with E-state index < -0.39 is 0 Å². The molecule has 1 aliphatic carbocycles. The summed E-state index contributed by atoms with van der Waals surface area (Å²) in [6.45, 7) is 2.09. The molecule has 2 nitrogen and oxygen atoms in total. The van der Waals surface area contributed by atoms with Gasteiger partial charge in [0.15, 0.2) is 0 Å². The molecule has 0 amide bonds. The molecule has 1 aliphatic rings. The fraction of sp³-hybridized carbons (Fsp3) is 0.636. The highest BCUT2D eigenvalue weighted by Crippen LogP contribution is 2.36. The molecule has 1 fully saturated rings. The molecule has 2 N–H and O–H groups in total. The number of halogens is 1. The third kappa shape index (κ3) is 2.76. The fourth-order valence-electron chi connectivity index (χ4n) is 1.61. The van der Waals surface area contributed by atoms with Crippen molar-refractivity contribution in [3.05, 3.63) is 23.7 Å². The molecule has 80 valence electrons. The summed E-state index contributed by atoms with van der Waals surface area (Å²) in [5, 5.41) is 0. The maximum absolute atomic E-state index is 6.01. The van der Waals surface area contributed by atoms with Crippen molar-refractivity contribution in [2.75, 3.05) is 0 Å². The first-order chi connectivity index (χ1) is 6.29. The lowest BCUT2D eigenvalue weighted by molar-refractivity contribution is 0.416. The summed E-state index contributed by atoms with van der Waals surface area (Å²) in [5.41, 5.74) is 6.01. The van der Waals surface area contributed by atoms with Crippen LogP contribution in [0.1, 0.15) is 43.7 Å². The van der Waals surface area contributed by atoms with Crippen LogP contribution in [0.15, 0.2) is 16.5 Å². The second-order valence-corrected chi connectivity index (χ2v) is 3.94. The predicted molar refractivity (Wildman–Crippen MR) is 59.6 cm³/mol. The SMILES string of the molecule is CCc1ccc([C@@H](N)CC2CC2)o1.Cl. The quantitative estimate of drug-likeness (QED) is 0.839. The van der Waals surface area contributed by atoms with E-state index >= 15 is 0 Å². The minimum Gasteiger partial charge on any atom is -0.464 e. The van der Waals surface area contributed by atoms with Crippen LogP contribution in [0.3, 0.4) is 0 Å². The van der Waals surface area contributed by atoms with Crippen LogP contribution in [0.4, 0.5) is 0 Å². The molecular formula is C11H18ClNO. The zero-order valence-corrected chi connectivity index (χ0v) is 9.35. The summed E-state index contributed by atoms with van der Waals surface area (Å²) in [4.78, 5) is 0. The first kappa shape index (κ1) is 11.6. The van der Waals surface area contributed by atoms with Gasteiger partial charge < -0.3 is 10.2 Å². The lowest BCUT2D eigenvalue weighted by Crippen LogP contribution is -2.09. The van der Waals surface area contributed by atoms with Gasteiger partial charge in [-0.2, -0.15) is 0 Å². The van der Waals surface area contributed by atoms with Gasteiger partial charge in [-0.15, -0.1) is 12.4 Å². The molecule has 0 aromatic carbocycles. The van der Waals surface area contributed by atoms with E-state index in [0.717, 1.165) is 30.3 Å². The third-order valence-corrected chi connectivity index (χ3v) is 2.68. The number of hydrogen-bond acceptors (Lipinski definition) is 2. The Hall–Kier alpha value is -0.470. The Kier molecular flexibility index (Phi) is 4.02. The maximum atomic E-state index is 6.01. The van der Waals surface area contributed by atoms with Crippen molar-refractivity contribution in [3.8, 4) is 0 Å². The zero-order chi connectivity index (χ0) is 9.26. The van der Waals surface area contributed by atoms with E-state index in [1.807, 2.05) is 12.1 Å². The average Bonchev–Trinajstić information content (AvgIpc) is 2.82. The summed E-state index contributed by atoms with van der Waals surface area (Å²) in [5.74, 6) is 2.87. The highest BCUT2D eigenvalue weighted by atomic mass is 35.5. The van der Waals surface area contributed by atoms with Gasteiger partial charge >= 0.3 is 0 Å². The van der Waals surface area contributed by atoms with Crippen molar-refractivity contribution in [3.63, 3.8) is 0 Å². The van der Waals surface area contributed by atoms with Gasteiger partial charge in [0.2, 0.25) is 0 Å². The summed E-state index contributed by atoms with van der Waals surface area (Å²) < 4.78 is 5.60. The molecule has 0 spiro atoms. The van der Waals surface area contributed by atoms with Crippen LogP contribution < -0.4 is 5.73 Å². The van der Waals surface area contributed by atoms with Crippen molar-refractivity contribution in [2.24, 2.45) is 11.7 Å². The third-order valence-electron chi connectivity index (χ3n) is 2.68. The highest BCUT2D eigenvalue weighted by Gasteiger charge is 2.25. The average molecular weight is 216 g/mol. The van der Waals surface area contributed by atoms with Crippen LogP contribution in [0.5, 0.6) is 0 Å². The molecule has 0 aliphatic heterocycles. The zero-order valence-electron chi connectivity index (χ0n) is 8.53. The fourth-order valence-corrected chi connectivity index (χ4v) is 1.61. The van der Waals surface area contributed by atoms with Gasteiger partial charge in [0.05, 0.1) is 6.04 Å². The molecular weight excluding hydrogens is 198 g/mol. The molecule has 0 bridgehead atoms. The van der Waals surface area contributed by atoms with Crippen molar-refractivity contribution >= 4 is 12.4 Å². The molecule has 1 heterocycles. The first-order valence-corrected chi connectivity index (χ1v) is 5.13. The topological polar surface area (TPSA) is 39.2 Å². The maximum Gasteiger partial charge on any atom is 0.120 e. The number of nitrogens with two attached hydrogens (primary N) is 1. The van der Waals surface area contributed by atoms with Crippen molar-refractivity contribution < 1.29 is 4.42 Å². The van der Waals surface area contributed by atoms with Gasteiger partial charge in [-0.25, -0.2) is 0 Å². The van der Waals surface area contributed by atoms with Gasteiger partial charge in [0.1, 0.15) is 11.5 Å². The molecule has 1 aromatic rings. The standard InChI is InChI=1S/C11H17NO.ClH/c1-2-9-5-6-11(13-9)10(12)7-8-3-4-8;/h5-6,8,10H,2-4,7,12H2,1H3;1H/t10-;/m0./s1. The number of aryl methyl sites for hydroxylation is 1. The minimum atomic E-state index is 0. The van der Waals surface area contributed by atoms with E-state index in [1.54, 1.807) is 0 Å². The van der Waals surface area contributed by atoms with Gasteiger partial charge in [-0.3, -0.25) is 0 Å². The second-order valence-electron chi connectivity index (χ2n) is 3.94. The number of furan rings is 1. The van der Waals surface area contributed by atoms with Gasteiger partial charge in [-0.1, -0.05) is 19.8 Å². The Morgan fingerprint density at radius 3 is 2.71 bits per heavy atom. The van der Waals surface area contributed by atoms with Crippen molar-refractivity contribution in [1.82, 2.24) is 0 Å². The van der Waals surface area contributed by atoms with Crippen LogP contribution in [-0.4, -0.2) is 0 Å². The van der Waals surface area contributed by atoms with Gasteiger partial charge in [-0.05, 0) is 24.5 Å². The minimum absolute atomic E-state index is 0. The summed E-state index contributed by atoms with van der Waals surface area (Å²) in [6, 6.07) is 4.17. The van der Waals surface area contributed by atoms with Crippen LogP contribution in [0.2, 0.25) is 0 Å². The number of rotatable bonds is 4. The Balaban J connectivity index is 0.000000980. The van der Waals surface area contributed by atoms with E-state index in [9.17, 15) is 0 Å². The highest BCUT2D eigenvalue weighted by molar-refractivity contribution is 5.85. The Morgan fingerprint density at radius 2 is 2.21 bits per heavy atom. The molecule has 0 saturated heterocycles. The normalized spacial score (nSPS) is 17.6. The molecule has 1 atom stereocenters. The van der Waals surface area contributed by atoms with Gasteiger partial charge in [0.25, 0.3) is 0 Å². The molecule has 0 unspecified atom stereocenters. The second kappa shape index (κ2) is 4.85. The Labute approximate surface area is 91.3 Å². The summed E-state index contributed by atoms with van der Waals surface area (Å²) in [7, 11) is 0. The van der Waals surface area contributed by atoms with Crippen molar-refractivity contribution in [1.29, 1.82) is 0 Å². The Bertz CT molecular complexity index is 281. The van der Waals surface area contributed by atoms with Crippen LogP contribution in [0.25, 0.3) is 0 Å². The van der Waals surface area contributed by atoms with E-state index in [1.165, 1.54) is 12.8 Å². The van der Waals surface area contributed by atoms with E-state index in [-0.39, 0.29) is 18.4 Å². The summed E-state index contributed by atoms with van der Waals surface area (Å²) >= 11 is 0. The monoisotopic (exact) mass is 215 g/mol. The van der Waals surface area contributed by atoms with Crippen molar-refractivity contribution in [2.45, 2.75) is 38.6 Å². The Morgan fingerprint density at radius 1 is 1.50 bits per heavy atom. The van der Waals surface area contributed by atoms with Crippen LogP contribution in [0, 0.1) is 5.92 Å². The molecule has 1 aromatic heterocycles. The molecule has 1 saturated carbocycles. The van der Waals surface area contributed by atoms with Crippen LogP contribution >= 0.6 is 12.4 Å². The molecule has 14 heavy (non-hydrogen) atoms. The lowest BCUT2D eigenvalue weighted by atomic mass is 10.1. The number of hydrogen-bond donors (Lipinski definition) is 1. The largest absolute Gasteiger partial charge is 0.464 e. The van der Waals surface area contributed by atoms with E-state index in [2.05, 4.69) is 6.92 Å². The van der Waals surface area contributed by atoms with E-state index in [4.69, 9.17) is 10.2 Å². The smallest absolute Gasteiger partial charge is 0.120 e. The van der Waals surface area contributed by atoms with Gasteiger partial charge in [0, 0.05) is 6.42 Å².